The van der Waals surface area contributed by atoms with Crippen LogP contribution < -0.4 is 10.6 Å². The maximum atomic E-state index is 14.8. The molecule has 1 heterocycles. The fourth-order valence-corrected chi connectivity index (χ4v) is 3.78. The molecule has 3 aromatic carbocycles. The smallest absolute Gasteiger partial charge is 0.270 e. The quantitative estimate of drug-likeness (QED) is 0.451. The highest BCUT2D eigenvalue weighted by Crippen LogP contribution is 2.26. The fourth-order valence-electron chi connectivity index (χ4n) is 3.51. The summed E-state index contributed by atoms with van der Waals surface area (Å²) in [7, 11) is 0. The largest absolute Gasteiger partial charge is 0.332 e. The lowest BCUT2D eigenvalue weighted by atomic mass is 10.0. The number of rotatable bonds is 4. The molecule has 2 N–H and O–H groups in total. The van der Waals surface area contributed by atoms with E-state index in [1.165, 1.54) is 11.0 Å². The molecule has 1 atom stereocenters. The molecule has 0 bridgehead atoms. The predicted molar refractivity (Wildman–Crippen MR) is 130 cm³/mol. The Kier molecular flexibility index (Phi) is 6.40. The molecule has 0 spiro atoms. The van der Waals surface area contributed by atoms with Gasteiger partial charge in [0.15, 0.2) is 5.11 Å². The summed E-state index contributed by atoms with van der Waals surface area (Å²) in [6.45, 7) is 1.93. The van der Waals surface area contributed by atoms with Crippen LogP contribution in [0.5, 0.6) is 0 Å². The average Bonchev–Trinajstić information content (AvgIpc) is 2.94. The van der Waals surface area contributed by atoms with Gasteiger partial charge in [-0.25, -0.2) is 14.2 Å². The fraction of sp³-hybridized carbons (Fsp3) is 0.0800. The van der Waals surface area contributed by atoms with Crippen molar-refractivity contribution in [3.63, 3.8) is 0 Å². The van der Waals surface area contributed by atoms with E-state index in [1.807, 2.05) is 25.1 Å². The van der Waals surface area contributed by atoms with Gasteiger partial charge in [-0.15, -0.1) is 0 Å². The van der Waals surface area contributed by atoms with Gasteiger partial charge < -0.3 is 10.6 Å². The number of thiocarbonyl (C=S) groups is 1. The molecule has 4 rings (SSSR count). The summed E-state index contributed by atoms with van der Waals surface area (Å²) < 4.78 is 14.8. The number of anilines is 2. The molecule has 6 nitrogen and oxygen atoms in total. The molecule has 0 saturated carbocycles. The number of aliphatic imine (C=N–C) groups is 1. The third kappa shape index (κ3) is 4.72. The number of benzene rings is 3. The second-order valence-electron chi connectivity index (χ2n) is 7.32. The van der Waals surface area contributed by atoms with Gasteiger partial charge in [-0.2, -0.15) is 0 Å². The van der Waals surface area contributed by atoms with Crippen LogP contribution in [0.15, 0.2) is 84.0 Å². The van der Waals surface area contributed by atoms with Gasteiger partial charge in [0, 0.05) is 16.8 Å². The number of para-hydroxylation sites is 1. The molecular weight excluding hydrogens is 439 g/mol. The van der Waals surface area contributed by atoms with Crippen LogP contribution in [0.4, 0.5) is 15.8 Å². The van der Waals surface area contributed by atoms with Crippen molar-refractivity contribution in [1.29, 1.82) is 0 Å². The van der Waals surface area contributed by atoms with Crippen molar-refractivity contribution >= 4 is 46.3 Å². The molecule has 8 heteroatoms. The van der Waals surface area contributed by atoms with E-state index >= 15 is 0 Å². The first kappa shape index (κ1) is 22.1. The summed E-state index contributed by atoms with van der Waals surface area (Å²) in [4.78, 5) is 30.3. The monoisotopic (exact) mass is 458 g/mol. The highest BCUT2D eigenvalue weighted by atomic mass is 32.1. The van der Waals surface area contributed by atoms with E-state index < -0.39 is 17.9 Å². The first-order chi connectivity index (χ1) is 16.0. The van der Waals surface area contributed by atoms with Gasteiger partial charge in [0.25, 0.3) is 5.91 Å². The molecule has 1 unspecified atom stereocenters. The number of nitrogens with one attached hydrogen (secondary N) is 2. The minimum absolute atomic E-state index is 0.0617. The summed E-state index contributed by atoms with van der Waals surface area (Å²) in [6, 6.07) is 20.6. The zero-order chi connectivity index (χ0) is 23.4. The highest BCUT2D eigenvalue weighted by Gasteiger charge is 2.32. The molecule has 33 heavy (non-hydrogen) atoms. The molecule has 0 aromatic heterocycles. The van der Waals surface area contributed by atoms with Crippen LogP contribution in [0.1, 0.15) is 16.7 Å². The van der Waals surface area contributed by atoms with Crippen LogP contribution in [0, 0.1) is 12.7 Å². The van der Waals surface area contributed by atoms with Crippen LogP contribution in [-0.4, -0.2) is 33.7 Å². The molecule has 1 amide bonds. The van der Waals surface area contributed by atoms with Gasteiger partial charge in [0.05, 0.1) is 17.6 Å². The molecule has 1 aliphatic heterocycles. The number of carbonyl (C=O) groups is 1. The standard InChI is InChI=1S/C25H19FN4O2S/c1-16-7-6-8-17(15-16)27-25(33)30(13-14-31)23-24(32)28-21-12-5-3-10-19(21)22(29-23)18-9-2-4-11-20(18)26/h2-13,15,23H,1H3,(H,27,33)(H,28,32). The molecule has 3 aromatic rings. The molecular formula is C25H19FN4O2S. The molecule has 164 valence electrons. The third-order valence-corrected chi connectivity index (χ3v) is 5.33. The number of halogens is 1. The molecule has 1 aliphatic rings. The third-order valence-electron chi connectivity index (χ3n) is 5.01. The lowest BCUT2D eigenvalue weighted by molar-refractivity contribution is -0.119. The Labute approximate surface area is 195 Å². The van der Waals surface area contributed by atoms with Gasteiger partial charge in [0.1, 0.15) is 11.8 Å². The Morgan fingerprint density at radius 2 is 1.85 bits per heavy atom. The lowest BCUT2D eigenvalue weighted by Crippen LogP contribution is -2.45. The number of amides is 1. The lowest BCUT2D eigenvalue weighted by Gasteiger charge is -2.26. The van der Waals surface area contributed by atoms with E-state index in [-0.39, 0.29) is 16.4 Å². The van der Waals surface area contributed by atoms with Gasteiger partial charge >= 0.3 is 0 Å². The van der Waals surface area contributed by atoms with Crippen LogP contribution in [-0.2, 0) is 9.59 Å². The highest BCUT2D eigenvalue weighted by molar-refractivity contribution is 7.80. The van der Waals surface area contributed by atoms with E-state index in [4.69, 9.17) is 12.2 Å². The van der Waals surface area contributed by atoms with Crippen LogP contribution in [0.3, 0.4) is 0 Å². The summed E-state index contributed by atoms with van der Waals surface area (Å²) in [5, 5.41) is 5.88. The SMILES string of the molecule is Cc1cccc(NC(=S)N(C=C=O)C2N=C(c3ccccc3F)c3ccccc3NC2=O)c1. The van der Waals surface area contributed by atoms with Crippen molar-refractivity contribution in [1.82, 2.24) is 4.90 Å². The molecule has 0 radical (unpaired) electrons. The minimum atomic E-state index is -1.28. The maximum absolute atomic E-state index is 14.8. The Hall–Kier alpha value is -4.13. The number of hydrogen-bond donors (Lipinski definition) is 2. The van der Waals surface area contributed by atoms with Crippen molar-refractivity contribution in [2.75, 3.05) is 10.6 Å². The summed E-state index contributed by atoms with van der Waals surface area (Å²) in [5.74, 6) is 0.649. The van der Waals surface area contributed by atoms with Crippen molar-refractivity contribution in [3.05, 3.63) is 102 Å². The zero-order valence-electron chi connectivity index (χ0n) is 17.6. The van der Waals surface area contributed by atoms with Crippen molar-refractivity contribution in [2.24, 2.45) is 4.99 Å². The molecule has 0 saturated heterocycles. The van der Waals surface area contributed by atoms with Gasteiger partial charge in [-0.05, 0) is 55.0 Å². The number of nitrogens with zero attached hydrogens (tertiary/aromatic N) is 2. The Balaban J connectivity index is 1.81. The van der Waals surface area contributed by atoms with E-state index in [2.05, 4.69) is 15.6 Å². The van der Waals surface area contributed by atoms with Gasteiger partial charge in [0.2, 0.25) is 6.17 Å². The van der Waals surface area contributed by atoms with Crippen molar-refractivity contribution in [2.45, 2.75) is 13.1 Å². The Bertz CT molecular complexity index is 1320. The van der Waals surface area contributed by atoms with E-state index in [1.54, 1.807) is 54.5 Å². The molecule has 0 fully saturated rings. The normalized spacial score (nSPS) is 14.7. The number of benzodiazepines with no additional fused rings is 1. The van der Waals surface area contributed by atoms with Crippen LogP contribution >= 0.6 is 12.2 Å². The van der Waals surface area contributed by atoms with Crippen molar-refractivity contribution in [3.8, 4) is 0 Å². The second kappa shape index (κ2) is 9.56. The van der Waals surface area contributed by atoms with E-state index in [9.17, 15) is 14.0 Å². The first-order valence-electron chi connectivity index (χ1n) is 10.1. The summed E-state index contributed by atoms with van der Waals surface area (Å²) in [5.41, 5.74) is 3.18. The van der Waals surface area contributed by atoms with Gasteiger partial charge in [-0.3, -0.25) is 9.69 Å². The second-order valence-corrected chi connectivity index (χ2v) is 7.71. The van der Waals surface area contributed by atoms with Crippen LogP contribution in [0.25, 0.3) is 0 Å². The van der Waals surface area contributed by atoms with Crippen LogP contribution in [0.2, 0.25) is 0 Å². The average molecular weight is 459 g/mol. The van der Waals surface area contributed by atoms with E-state index in [0.717, 1.165) is 11.8 Å². The van der Waals surface area contributed by atoms with Crippen molar-refractivity contribution < 1.29 is 14.0 Å². The molecule has 0 aliphatic carbocycles. The van der Waals surface area contributed by atoms with Gasteiger partial charge in [-0.1, -0.05) is 42.5 Å². The summed E-state index contributed by atoms with van der Waals surface area (Å²) >= 11 is 5.49. The van der Waals surface area contributed by atoms with E-state index in [0.29, 0.717) is 16.9 Å². The maximum Gasteiger partial charge on any atom is 0.270 e. The number of fused-ring (bicyclic) bond motifs is 1. The zero-order valence-corrected chi connectivity index (χ0v) is 18.4. The summed E-state index contributed by atoms with van der Waals surface area (Å²) in [6.07, 6.45) is -0.272. The Morgan fingerprint density at radius 1 is 1.12 bits per heavy atom. The first-order valence-corrected chi connectivity index (χ1v) is 10.5. The Morgan fingerprint density at radius 3 is 2.58 bits per heavy atom. The number of hydrogen-bond acceptors (Lipinski definition) is 4. The minimum Gasteiger partial charge on any atom is -0.332 e. The predicted octanol–water partition coefficient (Wildman–Crippen LogP) is 4.29. The number of carbonyl (C=O) groups excluding carboxylic acids is 2. The number of aryl methyl sites for hydroxylation is 1. The topological polar surface area (TPSA) is 73.8 Å².